The van der Waals surface area contributed by atoms with E-state index in [1.54, 1.807) is 18.3 Å². The highest BCUT2D eigenvalue weighted by Crippen LogP contribution is 2.30. The standard InChI is InChI=1S/C15H15F3N4O2S/c16-15(17,18)12-3-5-13(6-4-12)25(23,24)22-10-8-21(9-11-22)14-2-1-7-19-20-14/h1-7H,8-11H2. The Morgan fingerprint density at radius 1 is 0.960 bits per heavy atom. The minimum Gasteiger partial charge on any atom is -0.352 e. The Labute approximate surface area is 142 Å². The highest BCUT2D eigenvalue weighted by atomic mass is 32.2. The van der Waals surface area contributed by atoms with Gasteiger partial charge >= 0.3 is 6.18 Å². The predicted octanol–water partition coefficient (Wildman–Crippen LogP) is 2.01. The summed E-state index contributed by atoms with van der Waals surface area (Å²) in [6.45, 7) is 1.30. The fraction of sp³-hybridized carbons (Fsp3) is 0.333. The van der Waals surface area contributed by atoms with E-state index < -0.39 is 21.8 Å². The predicted molar refractivity (Wildman–Crippen MR) is 84.4 cm³/mol. The molecule has 2 aromatic rings. The summed E-state index contributed by atoms with van der Waals surface area (Å²) >= 11 is 0. The summed E-state index contributed by atoms with van der Waals surface area (Å²) in [5.74, 6) is 0.661. The first-order chi connectivity index (χ1) is 11.8. The van der Waals surface area contributed by atoms with Gasteiger partial charge < -0.3 is 4.90 Å². The summed E-state index contributed by atoms with van der Waals surface area (Å²) in [4.78, 5) is 1.76. The van der Waals surface area contributed by atoms with Gasteiger partial charge in [0.2, 0.25) is 10.0 Å². The molecule has 25 heavy (non-hydrogen) atoms. The third-order valence-electron chi connectivity index (χ3n) is 3.94. The molecule has 1 aliphatic heterocycles. The highest BCUT2D eigenvalue weighted by Gasteiger charge is 2.32. The monoisotopic (exact) mass is 372 g/mol. The summed E-state index contributed by atoms with van der Waals surface area (Å²) in [5, 5.41) is 7.77. The first-order valence-corrected chi connectivity index (χ1v) is 8.92. The Bertz CT molecular complexity index is 818. The number of rotatable bonds is 3. The van der Waals surface area contributed by atoms with Crippen LogP contribution in [-0.4, -0.2) is 49.1 Å². The molecular weight excluding hydrogens is 357 g/mol. The SMILES string of the molecule is O=S(=O)(c1ccc(C(F)(F)F)cc1)N1CCN(c2cccnn2)CC1. The Hall–Kier alpha value is -2.20. The van der Waals surface area contributed by atoms with Gasteiger partial charge in [0, 0.05) is 32.4 Å². The first-order valence-electron chi connectivity index (χ1n) is 7.48. The average molecular weight is 372 g/mol. The zero-order valence-corrected chi connectivity index (χ0v) is 13.8. The molecule has 1 fully saturated rings. The van der Waals surface area contributed by atoms with Crippen molar-refractivity contribution < 1.29 is 21.6 Å². The molecule has 1 aromatic heterocycles. The van der Waals surface area contributed by atoms with Crippen molar-refractivity contribution in [3.8, 4) is 0 Å². The van der Waals surface area contributed by atoms with E-state index in [2.05, 4.69) is 10.2 Å². The number of sulfonamides is 1. The molecule has 134 valence electrons. The molecular formula is C15H15F3N4O2S. The van der Waals surface area contributed by atoms with Crippen LogP contribution in [-0.2, 0) is 16.2 Å². The van der Waals surface area contributed by atoms with Crippen molar-refractivity contribution in [1.29, 1.82) is 0 Å². The maximum Gasteiger partial charge on any atom is 0.416 e. The van der Waals surface area contributed by atoms with Gasteiger partial charge in [-0.3, -0.25) is 0 Å². The lowest BCUT2D eigenvalue weighted by molar-refractivity contribution is -0.137. The summed E-state index contributed by atoms with van der Waals surface area (Å²) < 4.78 is 64.2. The number of nitrogens with zero attached hydrogens (tertiary/aromatic N) is 4. The van der Waals surface area contributed by atoms with E-state index in [1.807, 2.05) is 4.90 Å². The normalized spacial score (nSPS) is 16.8. The summed E-state index contributed by atoms with van der Waals surface area (Å²) in [5.41, 5.74) is -0.876. The zero-order valence-electron chi connectivity index (χ0n) is 13.0. The zero-order chi connectivity index (χ0) is 18.1. The van der Waals surface area contributed by atoms with E-state index in [0.29, 0.717) is 18.9 Å². The van der Waals surface area contributed by atoms with Crippen molar-refractivity contribution >= 4 is 15.8 Å². The van der Waals surface area contributed by atoms with Crippen LogP contribution < -0.4 is 4.90 Å². The van der Waals surface area contributed by atoms with Gasteiger partial charge in [-0.05, 0) is 36.4 Å². The quantitative estimate of drug-likeness (QED) is 0.825. The van der Waals surface area contributed by atoms with Crippen molar-refractivity contribution in [3.05, 3.63) is 48.2 Å². The summed E-state index contributed by atoms with van der Waals surface area (Å²) in [7, 11) is -3.83. The van der Waals surface area contributed by atoms with Gasteiger partial charge in [0.25, 0.3) is 0 Å². The fourth-order valence-electron chi connectivity index (χ4n) is 2.58. The Kier molecular flexibility index (Phi) is 4.65. The lowest BCUT2D eigenvalue weighted by Gasteiger charge is -2.34. The van der Waals surface area contributed by atoms with Crippen LogP contribution in [0.25, 0.3) is 0 Å². The maximum absolute atomic E-state index is 12.6. The Morgan fingerprint density at radius 3 is 2.12 bits per heavy atom. The molecule has 2 heterocycles. The molecule has 0 unspecified atom stereocenters. The molecule has 6 nitrogen and oxygen atoms in total. The van der Waals surface area contributed by atoms with E-state index >= 15 is 0 Å². The molecule has 0 N–H and O–H groups in total. The van der Waals surface area contributed by atoms with Gasteiger partial charge in [0.15, 0.2) is 5.82 Å². The van der Waals surface area contributed by atoms with E-state index in [4.69, 9.17) is 0 Å². The second-order valence-corrected chi connectivity index (χ2v) is 7.43. The Morgan fingerprint density at radius 2 is 1.60 bits per heavy atom. The molecule has 1 aromatic carbocycles. The molecule has 3 rings (SSSR count). The van der Waals surface area contributed by atoms with Crippen molar-refractivity contribution in [2.75, 3.05) is 31.1 Å². The van der Waals surface area contributed by atoms with Crippen molar-refractivity contribution in [2.45, 2.75) is 11.1 Å². The molecule has 1 saturated heterocycles. The van der Waals surface area contributed by atoms with E-state index in [9.17, 15) is 21.6 Å². The third-order valence-corrected chi connectivity index (χ3v) is 5.85. The Balaban J connectivity index is 1.72. The van der Waals surface area contributed by atoms with Crippen molar-refractivity contribution in [2.24, 2.45) is 0 Å². The average Bonchev–Trinajstić information content (AvgIpc) is 2.62. The lowest BCUT2D eigenvalue weighted by Crippen LogP contribution is -2.48. The van der Waals surface area contributed by atoms with E-state index in [0.717, 1.165) is 24.3 Å². The minimum atomic E-state index is -4.50. The molecule has 0 atom stereocenters. The number of benzene rings is 1. The number of piperazine rings is 1. The summed E-state index contributed by atoms with van der Waals surface area (Å²) in [6, 6.07) is 7.08. The van der Waals surface area contributed by atoms with Crippen LogP contribution in [0.1, 0.15) is 5.56 Å². The van der Waals surface area contributed by atoms with Crippen LogP contribution in [0.3, 0.4) is 0 Å². The molecule has 0 saturated carbocycles. The van der Waals surface area contributed by atoms with E-state index in [-0.39, 0.29) is 18.0 Å². The number of halogens is 3. The van der Waals surface area contributed by atoms with Gasteiger partial charge in [0.1, 0.15) is 0 Å². The van der Waals surface area contributed by atoms with Crippen LogP contribution in [0.2, 0.25) is 0 Å². The second kappa shape index (κ2) is 6.60. The largest absolute Gasteiger partial charge is 0.416 e. The molecule has 0 radical (unpaired) electrons. The number of alkyl halides is 3. The van der Waals surface area contributed by atoms with Crippen LogP contribution in [0.4, 0.5) is 19.0 Å². The van der Waals surface area contributed by atoms with Crippen LogP contribution in [0.15, 0.2) is 47.5 Å². The second-order valence-electron chi connectivity index (χ2n) is 5.50. The molecule has 1 aliphatic rings. The smallest absolute Gasteiger partial charge is 0.352 e. The molecule has 10 heteroatoms. The van der Waals surface area contributed by atoms with Crippen molar-refractivity contribution in [1.82, 2.24) is 14.5 Å². The number of anilines is 1. The highest BCUT2D eigenvalue weighted by molar-refractivity contribution is 7.89. The molecule has 0 aliphatic carbocycles. The van der Waals surface area contributed by atoms with Gasteiger partial charge in [0.05, 0.1) is 10.5 Å². The molecule has 0 bridgehead atoms. The molecule has 0 amide bonds. The lowest BCUT2D eigenvalue weighted by atomic mass is 10.2. The van der Waals surface area contributed by atoms with Crippen molar-refractivity contribution in [3.63, 3.8) is 0 Å². The number of aromatic nitrogens is 2. The van der Waals surface area contributed by atoms with Gasteiger partial charge in [-0.25, -0.2) is 8.42 Å². The molecule has 0 spiro atoms. The maximum atomic E-state index is 12.6. The van der Waals surface area contributed by atoms with Gasteiger partial charge in [-0.2, -0.15) is 22.6 Å². The van der Waals surface area contributed by atoms with Crippen LogP contribution >= 0.6 is 0 Å². The fourth-order valence-corrected chi connectivity index (χ4v) is 4.01. The number of hydrogen-bond donors (Lipinski definition) is 0. The van der Waals surface area contributed by atoms with Crippen LogP contribution in [0.5, 0.6) is 0 Å². The summed E-state index contributed by atoms with van der Waals surface area (Å²) in [6.07, 6.45) is -2.94. The first kappa shape index (κ1) is 17.6. The number of hydrogen-bond acceptors (Lipinski definition) is 5. The minimum absolute atomic E-state index is 0.145. The van der Waals surface area contributed by atoms with Gasteiger partial charge in [-0.15, -0.1) is 5.10 Å². The third kappa shape index (κ3) is 3.74. The van der Waals surface area contributed by atoms with Gasteiger partial charge in [-0.1, -0.05) is 0 Å². The topological polar surface area (TPSA) is 66.4 Å². The van der Waals surface area contributed by atoms with Crippen LogP contribution in [0, 0.1) is 0 Å². The van der Waals surface area contributed by atoms with E-state index in [1.165, 1.54) is 4.31 Å².